The zero-order valence-electron chi connectivity index (χ0n) is 14.4. The summed E-state index contributed by atoms with van der Waals surface area (Å²) in [6, 6.07) is 18.1. The van der Waals surface area contributed by atoms with Crippen molar-refractivity contribution >= 4 is 16.8 Å². The molecular formula is C21H18N4O. The van der Waals surface area contributed by atoms with Gasteiger partial charge in [0.25, 0.3) is 5.91 Å². The minimum Gasteiger partial charge on any atom is -0.351 e. The number of hydrogen-bond donors (Lipinski definition) is 1. The monoisotopic (exact) mass is 342 g/mol. The van der Waals surface area contributed by atoms with E-state index in [9.17, 15) is 4.79 Å². The van der Waals surface area contributed by atoms with Crippen LogP contribution in [-0.2, 0) is 13.1 Å². The van der Waals surface area contributed by atoms with Crippen molar-refractivity contribution in [2.75, 3.05) is 0 Å². The van der Waals surface area contributed by atoms with E-state index in [1.165, 1.54) is 5.56 Å². The molecule has 0 fully saturated rings. The van der Waals surface area contributed by atoms with Crippen LogP contribution < -0.4 is 0 Å². The lowest BCUT2D eigenvalue weighted by atomic mass is 10.2. The molecule has 0 saturated carbocycles. The van der Waals surface area contributed by atoms with Crippen molar-refractivity contribution in [1.82, 2.24) is 19.7 Å². The number of nitrogens with zero attached hydrogens (tertiary/aromatic N) is 3. The van der Waals surface area contributed by atoms with E-state index in [2.05, 4.69) is 22.2 Å². The van der Waals surface area contributed by atoms with Gasteiger partial charge in [0.15, 0.2) is 0 Å². The SMILES string of the molecule is Cc1ccc2cc(C(=O)N3Cc4cnn(-c5ccccc5)c4C3)[nH]c2c1. The number of aromatic amines is 1. The van der Waals surface area contributed by atoms with E-state index in [0.717, 1.165) is 27.8 Å². The predicted molar refractivity (Wildman–Crippen MR) is 100 cm³/mol. The Balaban J connectivity index is 1.44. The normalized spacial score (nSPS) is 13.3. The maximum absolute atomic E-state index is 13.0. The topological polar surface area (TPSA) is 53.9 Å². The number of amides is 1. The number of benzene rings is 2. The number of fused-ring (bicyclic) bond motifs is 2. The summed E-state index contributed by atoms with van der Waals surface area (Å²) in [5.74, 6) is 0.0228. The highest BCUT2D eigenvalue weighted by Crippen LogP contribution is 2.27. The van der Waals surface area contributed by atoms with E-state index < -0.39 is 0 Å². The molecule has 5 rings (SSSR count). The smallest absolute Gasteiger partial charge is 0.270 e. The Labute approximate surface area is 150 Å². The van der Waals surface area contributed by atoms with Crippen molar-refractivity contribution in [3.63, 3.8) is 0 Å². The summed E-state index contributed by atoms with van der Waals surface area (Å²) in [4.78, 5) is 18.1. The Hall–Kier alpha value is -3.34. The van der Waals surface area contributed by atoms with Gasteiger partial charge in [-0.15, -0.1) is 0 Å². The summed E-state index contributed by atoms with van der Waals surface area (Å²) in [5.41, 5.74) is 6.01. The number of H-pyrrole nitrogens is 1. The number of aryl methyl sites for hydroxylation is 1. The van der Waals surface area contributed by atoms with Gasteiger partial charge < -0.3 is 9.88 Å². The lowest BCUT2D eigenvalue weighted by Gasteiger charge is -2.15. The van der Waals surface area contributed by atoms with Gasteiger partial charge >= 0.3 is 0 Å². The van der Waals surface area contributed by atoms with Gasteiger partial charge in [0, 0.05) is 23.0 Å². The van der Waals surface area contributed by atoms with Gasteiger partial charge in [0.1, 0.15) is 5.69 Å². The molecule has 0 radical (unpaired) electrons. The van der Waals surface area contributed by atoms with Crippen LogP contribution in [0.4, 0.5) is 0 Å². The van der Waals surface area contributed by atoms with E-state index in [1.54, 1.807) is 0 Å². The minimum absolute atomic E-state index is 0.0228. The third kappa shape index (κ3) is 2.32. The number of aromatic nitrogens is 3. The summed E-state index contributed by atoms with van der Waals surface area (Å²) in [5, 5.41) is 5.55. The predicted octanol–water partition coefficient (Wildman–Crippen LogP) is 3.82. The van der Waals surface area contributed by atoms with Crippen molar-refractivity contribution in [1.29, 1.82) is 0 Å². The van der Waals surface area contributed by atoms with Crippen LogP contribution in [0, 0.1) is 6.92 Å². The van der Waals surface area contributed by atoms with Gasteiger partial charge in [0.2, 0.25) is 0 Å². The third-order valence-electron chi connectivity index (χ3n) is 4.95. The van der Waals surface area contributed by atoms with Crippen LogP contribution in [0.1, 0.15) is 27.3 Å². The highest BCUT2D eigenvalue weighted by Gasteiger charge is 2.29. The lowest BCUT2D eigenvalue weighted by molar-refractivity contribution is 0.0744. The third-order valence-corrected chi connectivity index (χ3v) is 4.95. The first-order chi connectivity index (χ1) is 12.7. The summed E-state index contributed by atoms with van der Waals surface area (Å²) in [7, 11) is 0. The number of nitrogens with one attached hydrogen (secondary N) is 1. The van der Waals surface area contributed by atoms with Crippen LogP contribution >= 0.6 is 0 Å². The van der Waals surface area contributed by atoms with Crippen molar-refractivity contribution in [2.45, 2.75) is 20.0 Å². The first kappa shape index (κ1) is 15.0. The summed E-state index contributed by atoms with van der Waals surface area (Å²) in [6.07, 6.45) is 1.87. The lowest BCUT2D eigenvalue weighted by Crippen LogP contribution is -2.26. The van der Waals surface area contributed by atoms with Crippen LogP contribution in [0.25, 0.3) is 16.6 Å². The largest absolute Gasteiger partial charge is 0.351 e. The highest BCUT2D eigenvalue weighted by molar-refractivity contribution is 5.98. The second kappa shape index (κ2) is 5.59. The molecule has 0 aliphatic carbocycles. The van der Waals surface area contributed by atoms with E-state index in [1.807, 2.05) is 65.2 Å². The van der Waals surface area contributed by atoms with Crippen molar-refractivity contribution in [3.8, 4) is 5.69 Å². The fraction of sp³-hybridized carbons (Fsp3) is 0.143. The van der Waals surface area contributed by atoms with Crippen LogP contribution in [0.3, 0.4) is 0 Å². The Morgan fingerprint density at radius 3 is 2.77 bits per heavy atom. The van der Waals surface area contributed by atoms with Crippen LogP contribution in [0.5, 0.6) is 0 Å². The molecule has 1 aliphatic heterocycles. The molecule has 1 amide bonds. The van der Waals surface area contributed by atoms with Gasteiger partial charge in [-0.2, -0.15) is 5.10 Å². The molecule has 1 aliphatic rings. The molecule has 5 heteroatoms. The number of rotatable bonds is 2. The van der Waals surface area contributed by atoms with Gasteiger partial charge in [-0.05, 0) is 36.8 Å². The second-order valence-electron chi connectivity index (χ2n) is 6.80. The van der Waals surface area contributed by atoms with Gasteiger partial charge in [0.05, 0.1) is 24.1 Å². The molecule has 2 aromatic heterocycles. The Morgan fingerprint density at radius 2 is 1.92 bits per heavy atom. The molecule has 0 saturated heterocycles. The molecule has 0 unspecified atom stereocenters. The quantitative estimate of drug-likeness (QED) is 0.602. The maximum Gasteiger partial charge on any atom is 0.270 e. The Kier molecular flexibility index (Phi) is 3.22. The van der Waals surface area contributed by atoms with Crippen molar-refractivity contribution in [3.05, 3.63) is 83.3 Å². The molecule has 0 spiro atoms. The van der Waals surface area contributed by atoms with Crippen LogP contribution in [0.15, 0.2) is 60.8 Å². The zero-order valence-corrected chi connectivity index (χ0v) is 14.4. The van der Waals surface area contributed by atoms with Crippen molar-refractivity contribution in [2.24, 2.45) is 0 Å². The number of hydrogen-bond acceptors (Lipinski definition) is 2. The average Bonchev–Trinajstić information content (AvgIpc) is 3.35. The molecule has 26 heavy (non-hydrogen) atoms. The van der Waals surface area contributed by atoms with Gasteiger partial charge in [-0.1, -0.05) is 30.3 Å². The molecule has 0 atom stereocenters. The zero-order chi connectivity index (χ0) is 17.7. The van der Waals surface area contributed by atoms with E-state index in [-0.39, 0.29) is 5.91 Å². The number of carbonyl (C=O) groups excluding carboxylic acids is 1. The van der Waals surface area contributed by atoms with E-state index >= 15 is 0 Å². The molecule has 5 nitrogen and oxygen atoms in total. The molecule has 4 aromatic rings. The number of carbonyl (C=O) groups is 1. The van der Waals surface area contributed by atoms with Crippen LogP contribution in [-0.4, -0.2) is 25.6 Å². The standard InChI is InChI=1S/C21H18N4O/c1-14-7-8-15-10-19(23-18(15)9-14)21(26)24-12-16-11-22-25(20(16)13-24)17-5-3-2-4-6-17/h2-11,23H,12-13H2,1H3. The molecule has 3 heterocycles. The molecule has 0 bridgehead atoms. The van der Waals surface area contributed by atoms with E-state index in [0.29, 0.717) is 18.8 Å². The van der Waals surface area contributed by atoms with Gasteiger partial charge in [-0.25, -0.2) is 4.68 Å². The number of para-hydroxylation sites is 1. The van der Waals surface area contributed by atoms with Crippen LogP contribution in [0.2, 0.25) is 0 Å². The first-order valence-corrected chi connectivity index (χ1v) is 8.69. The summed E-state index contributed by atoms with van der Waals surface area (Å²) >= 11 is 0. The van der Waals surface area contributed by atoms with E-state index in [4.69, 9.17) is 0 Å². The fourth-order valence-electron chi connectivity index (χ4n) is 3.61. The summed E-state index contributed by atoms with van der Waals surface area (Å²) in [6.45, 7) is 3.21. The summed E-state index contributed by atoms with van der Waals surface area (Å²) < 4.78 is 1.93. The average molecular weight is 342 g/mol. The highest BCUT2D eigenvalue weighted by atomic mass is 16.2. The molecule has 2 aromatic carbocycles. The second-order valence-corrected chi connectivity index (χ2v) is 6.80. The molecule has 1 N–H and O–H groups in total. The molecular weight excluding hydrogens is 324 g/mol. The van der Waals surface area contributed by atoms with Crippen molar-refractivity contribution < 1.29 is 4.79 Å². The Morgan fingerprint density at radius 1 is 1.08 bits per heavy atom. The minimum atomic E-state index is 0.0228. The van der Waals surface area contributed by atoms with Gasteiger partial charge in [-0.3, -0.25) is 4.79 Å². The fourth-order valence-corrected chi connectivity index (χ4v) is 3.61. The first-order valence-electron chi connectivity index (χ1n) is 8.69. The Bertz CT molecular complexity index is 1120. The maximum atomic E-state index is 13.0. The molecule has 128 valence electrons.